The molecule has 0 spiro atoms. The van der Waals surface area contributed by atoms with Gasteiger partial charge in [0.05, 0.1) is 0 Å². The Morgan fingerprint density at radius 1 is 1.29 bits per heavy atom. The van der Waals surface area contributed by atoms with Crippen molar-refractivity contribution in [2.45, 2.75) is 26.8 Å². The number of nitrogens with zero attached hydrogens (tertiary/aromatic N) is 1. The van der Waals surface area contributed by atoms with Gasteiger partial charge in [0.15, 0.2) is 0 Å². The summed E-state index contributed by atoms with van der Waals surface area (Å²) in [4.78, 5) is 6.92. The molecule has 0 saturated heterocycles. The van der Waals surface area contributed by atoms with Gasteiger partial charge >= 0.3 is 0 Å². The molecule has 0 saturated carbocycles. The van der Waals surface area contributed by atoms with E-state index < -0.39 is 0 Å². The lowest BCUT2D eigenvalue weighted by molar-refractivity contribution is 0.681. The maximum atomic E-state index is 4.24. The summed E-state index contributed by atoms with van der Waals surface area (Å²) < 4.78 is 0. The number of rotatable bonds is 5. The van der Waals surface area contributed by atoms with Gasteiger partial charge in [-0.25, -0.2) is 0 Å². The molecule has 0 atom stereocenters. The van der Waals surface area contributed by atoms with E-state index in [1.807, 2.05) is 23.7 Å². The van der Waals surface area contributed by atoms with Crippen molar-refractivity contribution >= 4 is 11.3 Å². The number of thiophene rings is 1. The van der Waals surface area contributed by atoms with E-state index in [1.165, 1.54) is 27.3 Å². The molecular weight excluding hydrogens is 228 g/mol. The highest BCUT2D eigenvalue weighted by atomic mass is 32.1. The topological polar surface area (TPSA) is 24.9 Å². The summed E-state index contributed by atoms with van der Waals surface area (Å²) >= 11 is 1.84. The van der Waals surface area contributed by atoms with Crippen LogP contribution < -0.4 is 5.32 Å². The van der Waals surface area contributed by atoms with E-state index in [9.17, 15) is 0 Å². The van der Waals surface area contributed by atoms with Crippen LogP contribution in [0.3, 0.4) is 0 Å². The summed E-state index contributed by atoms with van der Waals surface area (Å²) in [6.07, 6.45) is 5.00. The first-order valence-corrected chi connectivity index (χ1v) is 6.82. The van der Waals surface area contributed by atoms with Crippen molar-refractivity contribution in [3.05, 3.63) is 41.0 Å². The van der Waals surface area contributed by atoms with Crippen molar-refractivity contribution in [2.75, 3.05) is 6.54 Å². The fourth-order valence-corrected chi connectivity index (χ4v) is 2.66. The Kier molecular flexibility index (Phi) is 4.29. The number of hydrogen-bond donors (Lipinski definition) is 1. The minimum atomic E-state index is 0.970. The van der Waals surface area contributed by atoms with Gasteiger partial charge < -0.3 is 5.32 Å². The molecule has 2 aromatic heterocycles. The Morgan fingerprint density at radius 2 is 2.18 bits per heavy atom. The van der Waals surface area contributed by atoms with Crippen molar-refractivity contribution in [3.8, 4) is 10.4 Å². The summed E-state index contributed by atoms with van der Waals surface area (Å²) in [5.41, 5.74) is 2.43. The van der Waals surface area contributed by atoms with Crippen LogP contribution >= 0.6 is 11.3 Å². The summed E-state index contributed by atoms with van der Waals surface area (Å²) in [5, 5.41) is 3.42. The van der Waals surface area contributed by atoms with E-state index in [0.29, 0.717) is 0 Å². The van der Waals surface area contributed by atoms with Gasteiger partial charge in [-0.05, 0) is 43.7 Å². The highest BCUT2D eigenvalue weighted by Gasteiger charge is 2.03. The zero-order valence-corrected chi connectivity index (χ0v) is 11.2. The maximum absolute atomic E-state index is 4.24. The van der Waals surface area contributed by atoms with Gasteiger partial charge in [-0.2, -0.15) is 0 Å². The Balaban J connectivity index is 2.07. The van der Waals surface area contributed by atoms with Gasteiger partial charge in [0, 0.05) is 34.3 Å². The Morgan fingerprint density at radius 3 is 2.94 bits per heavy atom. The third-order valence-corrected chi connectivity index (χ3v) is 3.68. The fourth-order valence-electron chi connectivity index (χ4n) is 1.71. The second-order valence-corrected chi connectivity index (χ2v) is 5.36. The smallest absolute Gasteiger partial charge is 0.0361 e. The van der Waals surface area contributed by atoms with Gasteiger partial charge in [0.1, 0.15) is 0 Å². The van der Waals surface area contributed by atoms with Crippen LogP contribution in [0.15, 0.2) is 30.6 Å². The molecule has 2 heterocycles. The zero-order valence-electron chi connectivity index (χ0n) is 10.4. The van der Waals surface area contributed by atoms with Crippen molar-refractivity contribution in [3.63, 3.8) is 0 Å². The normalized spacial score (nSPS) is 10.7. The SMILES string of the molecule is CCCNCc1ccc(-c2cncc(C)c2)s1. The van der Waals surface area contributed by atoms with Crippen molar-refractivity contribution < 1.29 is 0 Å². The van der Waals surface area contributed by atoms with Crippen LogP contribution in [0.4, 0.5) is 0 Å². The van der Waals surface area contributed by atoms with E-state index in [0.717, 1.165) is 13.1 Å². The highest BCUT2D eigenvalue weighted by molar-refractivity contribution is 7.15. The summed E-state index contributed by atoms with van der Waals surface area (Å²) in [7, 11) is 0. The zero-order chi connectivity index (χ0) is 12.1. The average molecular weight is 246 g/mol. The maximum Gasteiger partial charge on any atom is 0.0361 e. The molecule has 90 valence electrons. The van der Waals surface area contributed by atoms with Gasteiger partial charge in [-0.1, -0.05) is 6.92 Å². The van der Waals surface area contributed by atoms with Crippen LogP contribution in [0, 0.1) is 6.92 Å². The van der Waals surface area contributed by atoms with E-state index >= 15 is 0 Å². The number of pyridine rings is 1. The predicted octanol–water partition coefficient (Wildman–Crippen LogP) is 3.62. The average Bonchev–Trinajstić information content (AvgIpc) is 2.78. The molecule has 17 heavy (non-hydrogen) atoms. The van der Waals surface area contributed by atoms with Crippen molar-refractivity contribution in [2.24, 2.45) is 0 Å². The Labute approximate surface area is 107 Å². The third kappa shape index (κ3) is 3.38. The lowest BCUT2D eigenvalue weighted by Gasteiger charge is -2.00. The van der Waals surface area contributed by atoms with Crippen LogP contribution in [0.2, 0.25) is 0 Å². The van der Waals surface area contributed by atoms with Crippen LogP contribution in [-0.4, -0.2) is 11.5 Å². The van der Waals surface area contributed by atoms with Crippen LogP contribution in [0.1, 0.15) is 23.8 Å². The monoisotopic (exact) mass is 246 g/mol. The number of hydrogen-bond acceptors (Lipinski definition) is 3. The first kappa shape index (κ1) is 12.3. The molecule has 0 unspecified atom stereocenters. The first-order chi connectivity index (χ1) is 8.29. The summed E-state index contributed by atoms with van der Waals surface area (Å²) in [6, 6.07) is 6.57. The molecule has 0 radical (unpaired) electrons. The van der Waals surface area contributed by atoms with E-state index in [-0.39, 0.29) is 0 Å². The van der Waals surface area contributed by atoms with Crippen LogP contribution in [0.25, 0.3) is 10.4 Å². The molecule has 2 rings (SSSR count). The Bertz CT molecular complexity index is 477. The molecule has 0 aromatic carbocycles. The molecular formula is C14H18N2S. The van der Waals surface area contributed by atoms with Crippen molar-refractivity contribution in [1.82, 2.24) is 10.3 Å². The van der Waals surface area contributed by atoms with Gasteiger partial charge in [0.25, 0.3) is 0 Å². The van der Waals surface area contributed by atoms with Gasteiger partial charge in [-0.3, -0.25) is 4.98 Å². The largest absolute Gasteiger partial charge is 0.312 e. The second-order valence-electron chi connectivity index (χ2n) is 4.19. The first-order valence-electron chi connectivity index (χ1n) is 6.01. The van der Waals surface area contributed by atoms with E-state index in [4.69, 9.17) is 0 Å². The molecule has 3 heteroatoms. The third-order valence-electron chi connectivity index (χ3n) is 2.55. The molecule has 2 nitrogen and oxygen atoms in total. The number of nitrogens with one attached hydrogen (secondary N) is 1. The molecule has 0 fully saturated rings. The quantitative estimate of drug-likeness (QED) is 0.815. The highest BCUT2D eigenvalue weighted by Crippen LogP contribution is 2.27. The minimum Gasteiger partial charge on any atom is -0.312 e. The Hall–Kier alpha value is -1.19. The minimum absolute atomic E-state index is 0.970. The molecule has 2 aromatic rings. The van der Waals surface area contributed by atoms with Crippen LogP contribution in [0.5, 0.6) is 0 Å². The molecule has 0 aliphatic rings. The predicted molar refractivity (Wildman–Crippen MR) is 74.3 cm³/mol. The lowest BCUT2D eigenvalue weighted by Crippen LogP contribution is -2.12. The molecule has 0 aliphatic carbocycles. The number of aryl methyl sites for hydroxylation is 1. The van der Waals surface area contributed by atoms with Gasteiger partial charge in [-0.15, -0.1) is 11.3 Å². The van der Waals surface area contributed by atoms with Crippen molar-refractivity contribution in [1.29, 1.82) is 0 Å². The number of aromatic nitrogens is 1. The summed E-state index contributed by atoms with van der Waals surface area (Å²) in [5.74, 6) is 0. The second kappa shape index (κ2) is 5.94. The van der Waals surface area contributed by atoms with E-state index in [2.05, 4.69) is 42.3 Å². The van der Waals surface area contributed by atoms with E-state index in [1.54, 1.807) is 0 Å². The standard InChI is InChI=1S/C14H18N2S/c1-3-6-15-10-13-4-5-14(17-13)12-7-11(2)8-16-9-12/h4-5,7-9,15H,3,6,10H2,1-2H3. The van der Waals surface area contributed by atoms with Gasteiger partial charge in [0.2, 0.25) is 0 Å². The summed E-state index contributed by atoms with van der Waals surface area (Å²) in [6.45, 7) is 6.32. The van der Waals surface area contributed by atoms with Crippen LogP contribution in [-0.2, 0) is 6.54 Å². The molecule has 0 bridgehead atoms. The molecule has 1 N–H and O–H groups in total. The lowest BCUT2D eigenvalue weighted by atomic mass is 10.2. The molecule has 0 aliphatic heterocycles. The fraction of sp³-hybridized carbons (Fsp3) is 0.357. The molecule has 0 amide bonds.